The molecule has 0 spiro atoms. The lowest BCUT2D eigenvalue weighted by molar-refractivity contribution is -0.137. The van der Waals surface area contributed by atoms with Crippen LogP contribution in [0.15, 0.2) is 85.2 Å². The Labute approximate surface area is 288 Å². The van der Waals surface area contributed by atoms with Crippen molar-refractivity contribution in [1.82, 2.24) is 20.6 Å². The van der Waals surface area contributed by atoms with Crippen LogP contribution in [-0.4, -0.2) is 65.3 Å². The monoisotopic (exact) mass is 666 g/mol. The van der Waals surface area contributed by atoms with Crippen molar-refractivity contribution in [2.24, 2.45) is 0 Å². The first-order valence-corrected chi connectivity index (χ1v) is 16.7. The molecular formula is C39H46N4O6. The molecule has 3 N–H and O–H groups in total. The molecule has 1 unspecified atom stereocenters. The first kappa shape index (κ1) is 36.7. The van der Waals surface area contributed by atoms with Gasteiger partial charge in [-0.3, -0.25) is 14.4 Å². The van der Waals surface area contributed by atoms with E-state index in [2.05, 4.69) is 48.3 Å². The topological polar surface area (TPSA) is 140 Å². The average molecular weight is 667 g/mol. The molecule has 10 nitrogen and oxygen atoms in total. The van der Waals surface area contributed by atoms with Crippen LogP contribution in [0.5, 0.6) is 5.75 Å². The van der Waals surface area contributed by atoms with E-state index in [1.165, 1.54) is 0 Å². The Kier molecular flexibility index (Phi) is 13.4. The third-order valence-electron chi connectivity index (χ3n) is 7.90. The standard InChI is InChI=1S/C39H46N4O6/c1-5-6-21-48-22-23-49-33-17-13-28(14-18-33)31-25-41-36(42-26-31)29-9-7-27(8-10-29)24-34(38(47)40-20-19-35(44)45)43-37(46)30-11-15-32(16-12-30)39(2,3)4/h7-18,25-26,34H,5-6,19-24H2,1-4H3,(H,40,47)(H,43,46)(H,44,45). The van der Waals surface area contributed by atoms with Crippen LogP contribution in [0.4, 0.5) is 0 Å². The molecule has 1 heterocycles. The van der Waals surface area contributed by atoms with E-state index in [9.17, 15) is 14.4 Å². The largest absolute Gasteiger partial charge is 0.491 e. The summed E-state index contributed by atoms with van der Waals surface area (Å²) in [4.78, 5) is 46.3. The first-order valence-electron chi connectivity index (χ1n) is 16.7. The van der Waals surface area contributed by atoms with Crippen LogP contribution in [0.3, 0.4) is 0 Å². The Bertz CT molecular complexity index is 1650. The Hall–Kier alpha value is -5.09. The number of carbonyl (C=O) groups is 3. The summed E-state index contributed by atoms with van der Waals surface area (Å²) in [6.07, 6.45) is 5.69. The quantitative estimate of drug-likeness (QED) is 0.113. The summed E-state index contributed by atoms with van der Waals surface area (Å²) >= 11 is 0. The van der Waals surface area contributed by atoms with Gasteiger partial charge in [0.1, 0.15) is 18.4 Å². The zero-order chi connectivity index (χ0) is 35.2. The molecule has 3 aromatic carbocycles. The molecule has 0 radical (unpaired) electrons. The van der Waals surface area contributed by atoms with E-state index in [1.807, 2.05) is 60.7 Å². The summed E-state index contributed by atoms with van der Waals surface area (Å²) in [5, 5.41) is 14.5. The summed E-state index contributed by atoms with van der Waals surface area (Å²) in [6.45, 7) is 10.2. The molecule has 49 heavy (non-hydrogen) atoms. The van der Waals surface area contributed by atoms with Gasteiger partial charge in [0.2, 0.25) is 5.91 Å². The number of aromatic nitrogens is 2. The van der Waals surface area contributed by atoms with Crippen LogP contribution in [0.25, 0.3) is 22.5 Å². The van der Waals surface area contributed by atoms with Gasteiger partial charge in [-0.25, -0.2) is 9.97 Å². The fourth-order valence-corrected chi connectivity index (χ4v) is 4.95. The number of hydrogen-bond donors (Lipinski definition) is 3. The maximum Gasteiger partial charge on any atom is 0.305 e. The van der Waals surface area contributed by atoms with Gasteiger partial charge in [-0.2, -0.15) is 0 Å². The van der Waals surface area contributed by atoms with Crippen molar-refractivity contribution >= 4 is 17.8 Å². The van der Waals surface area contributed by atoms with Gasteiger partial charge in [0.05, 0.1) is 13.0 Å². The lowest BCUT2D eigenvalue weighted by atomic mass is 9.86. The molecular weight excluding hydrogens is 620 g/mol. The summed E-state index contributed by atoms with van der Waals surface area (Å²) in [5.41, 5.74) is 4.89. The summed E-state index contributed by atoms with van der Waals surface area (Å²) in [7, 11) is 0. The summed E-state index contributed by atoms with van der Waals surface area (Å²) in [6, 6.07) is 21.6. The molecule has 10 heteroatoms. The highest BCUT2D eigenvalue weighted by atomic mass is 16.5. The Morgan fingerprint density at radius 2 is 1.47 bits per heavy atom. The van der Waals surface area contributed by atoms with Crippen LogP contribution in [-0.2, 0) is 26.2 Å². The van der Waals surface area contributed by atoms with E-state index < -0.39 is 23.8 Å². The van der Waals surface area contributed by atoms with Crippen LogP contribution in [0.1, 0.15) is 68.4 Å². The molecule has 0 saturated heterocycles. The SMILES string of the molecule is CCCCOCCOc1ccc(-c2cnc(-c3ccc(CC(NC(=O)c4ccc(C(C)(C)C)cc4)C(=O)NCCC(=O)O)cc3)nc2)cc1. The number of carboxylic acids is 1. The number of aliphatic carboxylic acids is 1. The number of benzene rings is 3. The fraction of sp³-hybridized carbons (Fsp3) is 0.359. The second-order valence-corrected chi connectivity index (χ2v) is 12.8. The molecule has 258 valence electrons. The highest BCUT2D eigenvalue weighted by Gasteiger charge is 2.23. The predicted octanol–water partition coefficient (Wildman–Crippen LogP) is 6.24. The van der Waals surface area contributed by atoms with E-state index in [-0.39, 0.29) is 24.8 Å². The van der Waals surface area contributed by atoms with Gasteiger partial charge < -0.3 is 25.2 Å². The number of amides is 2. The number of ether oxygens (including phenoxy) is 2. The predicted molar refractivity (Wildman–Crippen MR) is 189 cm³/mol. The molecule has 0 aliphatic heterocycles. The van der Waals surface area contributed by atoms with Crippen molar-refractivity contribution in [1.29, 1.82) is 0 Å². The highest BCUT2D eigenvalue weighted by molar-refractivity contribution is 5.97. The fourth-order valence-electron chi connectivity index (χ4n) is 4.95. The van der Waals surface area contributed by atoms with Crippen LogP contribution in [0.2, 0.25) is 0 Å². The number of rotatable bonds is 17. The van der Waals surface area contributed by atoms with Gasteiger partial charge in [-0.15, -0.1) is 0 Å². The van der Waals surface area contributed by atoms with Crippen molar-refractivity contribution in [2.45, 2.75) is 64.8 Å². The second-order valence-electron chi connectivity index (χ2n) is 12.8. The first-order chi connectivity index (χ1) is 23.5. The molecule has 0 fully saturated rings. The number of hydrogen-bond acceptors (Lipinski definition) is 7. The maximum absolute atomic E-state index is 13.1. The molecule has 0 saturated carbocycles. The normalized spacial score (nSPS) is 11.8. The summed E-state index contributed by atoms with van der Waals surface area (Å²) < 4.78 is 11.3. The summed E-state index contributed by atoms with van der Waals surface area (Å²) in [5.74, 6) is -0.547. The minimum absolute atomic E-state index is 0.0420. The van der Waals surface area contributed by atoms with E-state index in [1.54, 1.807) is 24.5 Å². The van der Waals surface area contributed by atoms with Crippen LogP contribution >= 0.6 is 0 Å². The molecule has 0 aliphatic rings. The lowest BCUT2D eigenvalue weighted by Gasteiger charge is -2.20. The zero-order valence-electron chi connectivity index (χ0n) is 28.7. The van der Waals surface area contributed by atoms with Crippen LogP contribution < -0.4 is 15.4 Å². The second kappa shape index (κ2) is 17.9. The van der Waals surface area contributed by atoms with Crippen molar-refractivity contribution < 1.29 is 29.0 Å². The van der Waals surface area contributed by atoms with Crippen molar-refractivity contribution in [2.75, 3.05) is 26.4 Å². The zero-order valence-corrected chi connectivity index (χ0v) is 28.7. The van der Waals surface area contributed by atoms with Gasteiger partial charge in [-0.05, 0) is 52.8 Å². The van der Waals surface area contributed by atoms with E-state index in [0.29, 0.717) is 24.6 Å². The van der Waals surface area contributed by atoms with Gasteiger partial charge in [0.25, 0.3) is 5.91 Å². The van der Waals surface area contributed by atoms with Crippen LogP contribution in [0, 0.1) is 0 Å². The smallest absolute Gasteiger partial charge is 0.305 e. The number of nitrogens with one attached hydrogen (secondary N) is 2. The van der Waals surface area contributed by atoms with E-state index >= 15 is 0 Å². The van der Waals surface area contributed by atoms with E-state index in [4.69, 9.17) is 14.6 Å². The molecule has 1 aromatic heterocycles. The van der Waals surface area contributed by atoms with Crippen molar-refractivity contribution in [3.8, 4) is 28.3 Å². The third-order valence-corrected chi connectivity index (χ3v) is 7.90. The minimum Gasteiger partial charge on any atom is -0.491 e. The lowest BCUT2D eigenvalue weighted by Crippen LogP contribution is -2.48. The molecule has 0 bridgehead atoms. The number of carboxylic acid groups (broad SMARTS) is 1. The number of unbranched alkanes of at least 4 members (excludes halogenated alkanes) is 1. The van der Waals surface area contributed by atoms with Gasteiger partial charge >= 0.3 is 5.97 Å². The van der Waals surface area contributed by atoms with Gasteiger partial charge in [-0.1, -0.05) is 82.6 Å². The number of carbonyl (C=O) groups excluding carboxylic acids is 2. The Morgan fingerprint density at radius 1 is 0.816 bits per heavy atom. The Morgan fingerprint density at radius 3 is 2.08 bits per heavy atom. The number of nitrogens with zero attached hydrogens (tertiary/aromatic N) is 2. The Balaban J connectivity index is 1.38. The van der Waals surface area contributed by atoms with Crippen molar-refractivity contribution in [3.63, 3.8) is 0 Å². The average Bonchev–Trinajstić information content (AvgIpc) is 3.09. The molecule has 4 rings (SSSR count). The van der Waals surface area contributed by atoms with Gasteiger partial charge in [0.15, 0.2) is 5.82 Å². The molecule has 1 atom stereocenters. The molecule has 2 amide bonds. The molecule has 0 aliphatic carbocycles. The minimum atomic E-state index is -1.02. The highest BCUT2D eigenvalue weighted by Crippen LogP contribution is 2.24. The molecule has 4 aromatic rings. The maximum atomic E-state index is 13.1. The van der Waals surface area contributed by atoms with Gasteiger partial charge in [0, 0.05) is 48.7 Å². The van der Waals surface area contributed by atoms with Crippen molar-refractivity contribution in [3.05, 3.63) is 102 Å². The third kappa shape index (κ3) is 11.5. The van der Waals surface area contributed by atoms with E-state index in [0.717, 1.165) is 53.0 Å².